The molecule has 2 amide bonds. The molecular weight excluding hydrogens is 470 g/mol. The highest BCUT2D eigenvalue weighted by atomic mass is 16.5. The zero-order chi connectivity index (χ0) is 27.5. The molecular formula is C33H43N3O2. The second kappa shape index (κ2) is 11.2. The van der Waals surface area contributed by atoms with Crippen molar-refractivity contribution in [3.8, 4) is 5.75 Å². The number of hydrogen-bond acceptors (Lipinski definition) is 3. The highest BCUT2D eigenvalue weighted by molar-refractivity contribution is 5.89. The van der Waals surface area contributed by atoms with Crippen LogP contribution in [-0.2, 0) is 10.8 Å². The van der Waals surface area contributed by atoms with E-state index >= 15 is 0 Å². The maximum absolute atomic E-state index is 12.7. The SMILES string of the molecule is COc1ccc(NC(=O)NC2CNC(C(c3ccc(C(C)(C)C)cc3)c3ccc(C(C)(C)C)cc3)C2)cc1. The first-order chi connectivity index (χ1) is 17.9. The van der Waals surface area contributed by atoms with Gasteiger partial charge in [-0.15, -0.1) is 0 Å². The number of nitrogens with one attached hydrogen (secondary N) is 3. The number of amides is 2. The molecule has 1 aliphatic rings. The van der Waals surface area contributed by atoms with E-state index in [2.05, 4.69) is 106 Å². The van der Waals surface area contributed by atoms with Crippen molar-refractivity contribution >= 4 is 11.7 Å². The fraction of sp³-hybridized carbons (Fsp3) is 0.424. The molecule has 2 unspecified atom stereocenters. The van der Waals surface area contributed by atoms with Gasteiger partial charge in [-0.05, 0) is 63.8 Å². The Morgan fingerprint density at radius 3 is 1.76 bits per heavy atom. The van der Waals surface area contributed by atoms with Crippen molar-refractivity contribution in [2.45, 2.75) is 76.8 Å². The fourth-order valence-corrected chi connectivity index (χ4v) is 5.20. The molecule has 38 heavy (non-hydrogen) atoms. The van der Waals surface area contributed by atoms with Crippen molar-refractivity contribution in [2.24, 2.45) is 0 Å². The van der Waals surface area contributed by atoms with Gasteiger partial charge in [-0.2, -0.15) is 0 Å². The summed E-state index contributed by atoms with van der Waals surface area (Å²) in [6.07, 6.45) is 0.850. The average molecular weight is 514 g/mol. The van der Waals surface area contributed by atoms with E-state index in [4.69, 9.17) is 4.74 Å². The lowest BCUT2D eigenvalue weighted by atomic mass is 9.80. The number of rotatable bonds is 6. The molecule has 0 radical (unpaired) electrons. The Bertz CT molecular complexity index is 1150. The number of ether oxygens (including phenoxy) is 1. The minimum atomic E-state index is -0.191. The lowest BCUT2D eigenvalue weighted by Gasteiger charge is -2.27. The summed E-state index contributed by atoms with van der Waals surface area (Å²) in [6.45, 7) is 14.2. The molecule has 2 atom stereocenters. The van der Waals surface area contributed by atoms with Crippen LogP contribution >= 0.6 is 0 Å². The zero-order valence-electron chi connectivity index (χ0n) is 23.9. The van der Waals surface area contributed by atoms with E-state index in [1.165, 1.54) is 22.3 Å². The first-order valence-electron chi connectivity index (χ1n) is 13.6. The van der Waals surface area contributed by atoms with E-state index in [9.17, 15) is 4.79 Å². The second-order valence-electron chi connectivity index (χ2n) is 12.5. The Hall–Kier alpha value is -3.31. The maximum atomic E-state index is 12.7. The van der Waals surface area contributed by atoms with E-state index in [-0.39, 0.29) is 34.9 Å². The van der Waals surface area contributed by atoms with Crippen LogP contribution in [0.5, 0.6) is 5.75 Å². The number of benzene rings is 3. The molecule has 0 spiro atoms. The van der Waals surface area contributed by atoms with Gasteiger partial charge in [-0.25, -0.2) is 4.79 Å². The van der Waals surface area contributed by atoms with Crippen LogP contribution in [0.3, 0.4) is 0 Å². The van der Waals surface area contributed by atoms with E-state index in [0.717, 1.165) is 24.4 Å². The Morgan fingerprint density at radius 1 is 0.816 bits per heavy atom. The topological polar surface area (TPSA) is 62.4 Å². The Balaban J connectivity index is 1.51. The van der Waals surface area contributed by atoms with Gasteiger partial charge in [-0.3, -0.25) is 0 Å². The van der Waals surface area contributed by atoms with Crippen LogP contribution in [0.15, 0.2) is 72.8 Å². The Kier molecular flexibility index (Phi) is 8.17. The summed E-state index contributed by atoms with van der Waals surface area (Å²) in [4.78, 5) is 12.7. The number of urea groups is 1. The third kappa shape index (κ3) is 6.76. The van der Waals surface area contributed by atoms with E-state index < -0.39 is 0 Å². The van der Waals surface area contributed by atoms with Crippen LogP contribution < -0.4 is 20.7 Å². The first kappa shape index (κ1) is 27.7. The Morgan fingerprint density at radius 2 is 1.32 bits per heavy atom. The summed E-state index contributed by atoms with van der Waals surface area (Å²) in [6, 6.07) is 25.6. The van der Waals surface area contributed by atoms with Crippen LogP contribution in [0, 0.1) is 0 Å². The largest absolute Gasteiger partial charge is 0.497 e. The third-order valence-corrected chi connectivity index (χ3v) is 7.52. The average Bonchev–Trinajstić information content (AvgIpc) is 3.32. The van der Waals surface area contributed by atoms with E-state index in [1.54, 1.807) is 7.11 Å². The first-order valence-corrected chi connectivity index (χ1v) is 13.6. The van der Waals surface area contributed by atoms with E-state index in [1.807, 2.05) is 24.3 Å². The van der Waals surface area contributed by atoms with Crippen LogP contribution in [-0.4, -0.2) is 31.8 Å². The van der Waals surface area contributed by atoms with Crippen LogP contribution in [0.1, 0.15) is 76.1 Å². The molecule has 3 N–H and O–H groups in total. The molecule has 0 aromatic heterocycles. The number of hydrogen-bond donors (Lipinski definition) is 3. The van der Waals surface area contributed by atoms with Crippen molar-refractivity contribution in [1.29, 1.82) is 0 Å². The summed E-state index contributed by atoms with van der Waals surface area (Å²) in [5.74, 6) is 0.949. The van der Waals surface area contributed by atoms with Gasteiger partial charge < -0.3 is 20.7 Å². The lowest BCUT2D eigenvalue weighted by molar-refractivity contribution is 0.249. The van der Waals surface area contributed by atoms with Gasteiger partial charge in [0.1, 0.15) is 5.75 Å². The summed E-state index contributed by atoms with van der Waals surface area (Å²) in [5.41, 5.74) is 6.21. The van der Waals surface area contributed by atoms with Gasteiger partial charge in [0, 0.05) is 30.2 Å². The highest BCUT2D eigenvalue weighted by Gasteiger charge is 2.33. The number of carbonyl (C=O) groups excluding carboxylic acids is 1. The minimum absolute atomic E-state index is 0.0449. The summed E-state index contributed by atoms with van der Waals surface area (Å²) < 4.78 is 5.20. The molecule has 1 aliphatic heterocycles. The van der Waals surface area contributed by atoms with Crippen LogP contribution in [0.4, 0.5) is 10.5 Å². The number of carbonyl (C=O) groups is 1. The number of anilines is 1. The van der Waals surface area contributed by atoms with E-state index in [0.29, 0.717) is 0 Å². The fourth-order valence-electron chi connectivity index (χ4n) is 5.20. The highest BCUT2D eigenvalue weighted by Crippen LogP contribution is 2.35. The van der Waals surface area contributed by atoms with Crippen molar-refractivity contribution in [3.05, 3.63) is 95.1 Å². The van der Waals surface area contributed by atoms with Crippen molar-refractivity contribution in [1.82, 2.24) is 10.6 Å². The Labute approximate surface area is 228 Å². The molecule has 202 valence electrons. The van der Waals surface area contributed by atoms with Gasteiger partial charge >= 0.3 is 6.03 Å². The van der Waals surface area contributed by atoms with Crippen molar-refractivity contribution < 1.29 is 9.53 Å². The van der Waals surface area contributed by atoms with Gasteiger partial charge in [0.15, 0.2) is 0 Å². The zero-order valence-corrected chi connectivity index (χ0v) is 23.9. The molecule has 5 heteroatoms. The predicted molar refractivity (Wildman–Crippen MR) is 157 cm³/mol. The van der Waals surface area contributed by atoms with Crippen LogP contribution in [0.2, 0.25) is 0 Å². The molecule has 0 saturated carbocycles. The molecule has 0 aliphatic carbocycles. The maximum Gasteiger partial charge on any atom is 0.319 e. The van der Waals surface area contributed by atoms with Crippen molar-refractivity contribution in [2.75, 3.05) is 19.0 Å². The second-order valence-corrected chi connectivity index (χ2v) is 12.5. The molecule has 3 aromatic rings. The van der Waals surface area contributed by atoms with Gasteiger partial charge in [0.2, 0.25) is 0 Å². The van der Waals surface area contributed by atoms with Crippen molar-refractivity contribution in [3.63, 3.8) is 0 Å². The molecule has 4 rings (SSSR count). The summed E-state index contributed by atoms with van der Waals surface area (Å²) >= 11 is 0. The summed E-state index contributed by atoms with van der Waals surface area (Å²) in [7, 11) is 1.63. The molecule has 3 aromatic carbocycles. The third-order valence-electron chi connectivity index (χ3n) is 7.52. The molecule has 0 bridgehead atoms. The summed E-state index contributed by atoms with van der Waals surface area (Å²) in [5, 5.41) is 9.81. The quantitative estimate of drug-likeness (QED) is 0.333. The van der Waals surface area contributed by atoms with Gasteiger partial charge in [0.25, 0.3) is 0 Å². The normalized spacial score (nSPS) is 17.9. The molecule has 1 fully saturated rings. The standard InChI is InChI=1S/C33H43N3O2/c1-32(2,3)24-12-8-22(9-13-24)30(23-10-14-25(15-11-23)33(4,5)6)29-20-27(21-34-29)36-31(37)35-26-16-18-28(38-7)19-17-26/h8-19,27,29-30,34H,20-21H2,1-7H3,(H2,35,36,37). The number of methoxy groups -OCH3 is 1. The smallest absolute Gasteiger partial charge is 0.319 e. The predicted octanol–water partition coefficient (Wildman–Crippen LogP) is 6.97. The molecule has 1 saturated heterocycles. The van der Waals surface area contributed by atoms with Gasteiger partial charge in [0.05, 0.1) is 7.11 Å². The minimum Gasteiger partial charge on any atom is -0.497 e. The monoisotopic (exact) mass is 513 g/mol. The molecule has 5 nitrogen and oxygen atoms in total. The van der Waals surface area contributed by atoms with Crippen LogP contribution in [0.25, 0.3) is 0 Å². The van der Waals surface area contributed by atoms with Gasteiger partial charge in [-0.1, -0.05) is 90.1 Å². The lowest BCUT2D eigenvalue weighted by Crippen LogP contribution is -2.39. The molecule has 1 heterocycles.